The van der Waals surface area contributed by atoms with E-state index in [-0.39, 0.29) is 6.03 Å². The van der Waals surface area contributed by atoms with Gasteiger partial charge in [0.2, 0.25) is 0 Å². The number of carbonyl (C=O) groups is 1. The number of amides is 2. The summed E-state index contributed by atoms with van der Waals surface area (Å²) in [7, 11) is 0. The number of anilines is 1. The van der Waals surface area contributed by atoms with Gasteiger partial charge in [-0.15, -0.1) is 0 Å². The van der Waals surface area contributed by atoms with Crippen molar-refractivity contribution in [3.63, 3.8) is 0 Å². The Bertz CT molecular complexity index is 1110. The van der Waals surface area contributed by atoms with Crippen molar-refractivity contribution in [1.29, 1.82) is 5.26 Å². The van der Waals surface area contributed by atoms with E-state index in [9.17, 15) is 10.1 Å². The maximum atomic E-state index is 12.7. The summed E-state index contributed by atoms with van der Waals surface area (Å²) >= 11 is 0. The number of hydrogen-bond acceptors (Lipinski definition) is 4. The zero-order chi connectivity index (χ0) is 19.3. The summed E-state index contributed by atoms with van der Waals surface area (Å²) in [5, 5.41) is 16.9. The first kappa shape index (κ1) is 16.8. The Morgan fingerprint density at radius 1 is 1.29 bits per heavy atom. The van der Waals surface area contributed by atoms with Crippen molar-refractivity contribution in [3.05, 3.63) is 47.9 Å². The highest BCUT2D eigenvalue weighted by Crippen LogP contribution is 2.38. The number of nitrogens with zero attached hydrogens (tertiary/aromatic N) is 5. The first-order valence-corrected chi connectivity index (χ1v) is 9.59. The van der Waals surface area contributed by atoms with Crippen molar-refractivity contribution >= 4 is 17.2 Å². The molecule has 2 aliphatic rings. The molecular weight excluding hydrogens is 352 g/mol. The van der Waals surface area contributed by atoms with Crippen LogP contribution in [0.15, 0.2) is 36.7 Å². The van der Waals surface area contributed by atoms with Gasteiger partial charge >= 0.3 is 6.03 Å². The van der Waals surface area contributed by atoms with Crippen LogP contribution in [0.1, 0.15) is 36.9 Å². The Kier molecular flexibility index (Phi) is 3.79. The molecule has 1 N–H and O–H groups in total. The standard InChI is InChI=1S/C21H20N6O/c1-13-5-6-14(25-21(28)26-15-3-2-4-16(26)10-15)9-18(13)20-19(11-22)27-17(12-23-20)7-8-24-27/h5-9,12,15-16H,2-4,10H2,1H3,(H,25,28). The Morgan fingerprint density at radius 2 is 2.11 bits per heavy atom. The van der Waals surface area contributed by atoms with E-state index < -0.39 is 0 Å². The van der Waals surface area contributed by atoms with Crippen molar-refractivity contribution in [3.8, 4) is 17.3 Å². The summed E-state index contributed by atoms with van der Waals surface area (Å²) in [5.74, 6) is 0. The van der Waals surface area contributed by atoms with Crippen LogP contribution >= 0.6 is 0 Å². The van der Waals surface area contributed by atoms with E-state index in [2.05, 4.69) is 21.5 Å². The highest BCUT2D eigenvalue weighted by molar-refractivity contribution is 5.91. The number of rotatable bonds is 2. The topological polar surface area (TPSA) is 86.3 Å². The van der Waals surface area contributed by atoms with Crippen LogP contribution in [0.4, 0.5) is 10.5 Å². The van der Waals surface area contributed by atoms with E-state index in [1.165, 1.54) is 6.42 Å². The van der Waals surface area contributed by atoms with Crippen LogP contribution in [-0.2, 0) is 0 Å². The van der Waals surface area contributed by atoms with Crippen molar-refractivity contribution in [2.24, 2.45) is 0 Å². The number of urea groups is 1. The third-order valence-corrected chi connectivity index (χ3v) is 5.92. The van der Waals surface area contributed by atoms with E-state index >= 15 is 0 Å². The molecule has 3 aromatic rings. The summed E-state index contributed by atoms with van der Waals surface area (Å²) in [6.45, 7) is 1.97. The summed E-state index contributed by atoms with van der Waals surface area (Å²) in [4.78, 5) is 19.2. The molecule has 0 spiro atoms. The van der Waals surface area contributed by atoms with E-state index in [0.717, 1.165) is 35.9 Å². The molecule has 0 radical (unpaired) electrons. The van der Waals surface area contributed by atoms with Crippen molar-refractivity contribution in [2.45, 2.75) is 44.7 Å². The minimum absolute atomic E-state index is 0.0354. The summed E-state index contributed by atoms with van der Waals surface area (Å²) in [6, 6.07) is 10.5. The molecule has 2 atom stereocenters. The molecule has 2 saturated heterocycles. The fraction of sp³-hybridized carbons (Fsp3) is 0.333. The summed E-state index contributed by atoms with van der Waals surface area (Å²) in [5.41, 5.74) is 4.22. The maximum Gasteiger partial charge on any atom is 0.322 e. The van der Waals surface area contributed by atoms with Gasteiger partial charge in [-0.25, -0.2) is 9.31 Å². The molecule has 2 aromatic heterocycles. The van der Waals surface area contributed by atoms with E-state index in [0.29, 0.717) is 29.2 Å². The molecule has 2 fully saturated rings. The zero-order valence-electron chi connectivity index (χ0n) is 15.6. The molecule has 2 unspecified atom stereocenters. The highest BCUT2D eigenvalue weighted by atomic mass is 16.2. The van der Waals surface area contributed by atoms with Gasteiger partial charge in [0.1, 0.15) is 11.8 Å². The van der Waals surface area contributed by atoms with Crippen molar-refractivity contribution < 1.29 is 4.79 Å². The van der Waals surface area contributed by atoms with Gasteiger partial charge in [-0.2, -0.15) is 10.4 Å². The number of fused-ring (bicyclic) bond motifs is 3. The van der Waals surface area contributed by atoms with Crippen LogP contribution in [0.25, 0.3) is 16.8 Å². The summed E-state index contributed by atoms with van der Waals surface area (Å²) < 4.78 is 1.59. The molecule has 2 bridgehead atoms. The van der Waals surface area contributed by atoms with Crippen LogP contribution in [0, 0.1) is 18.3 Å². The predicted octanol–water partition coefficient (Wildman–Crippen LogP) is 3.74. The first-order valence-electron chi connectivity index (χ1n) is 9.59. The number of hydrogen-bond donors (Lipinski definition) is 1. The van der Waals surface area contributed by atoms with Gasteiger partial charge in [-0.05, 0) is 56.4 Å². The lowest BCUT2D eigenvalue weighted by Crippen LogP contribution is -2.62. The van der Waals surface area contributed by atoms with Crippen molar-refractivity contribution in [2.75, 3.05) is 5.32 Å². The second-order valence-corrected chi connectivity index (χ2v) is 7.58. The molecule has 140 valence electrons. The third-order valence-electron chi connectivity index (χ3n) is 5.92. The van der Waals surface area contributed by atoms with Crippen LogP contribution in [0.2, 0.25) is 0 Å². The first-order chi connectivity index (χ1) is 13.7. The molecule has 2 amide bonds. The van der Waals surface area contributed by atoms with E-state index in [1.54, 1.807) is 16.9 Å². The Hall–Kier alpha value is -3.40. The monoisotopic (exact) mass is 372 g/mol. The predicted molar refractivity (Wildman–Crippen MR) is 105 cm³/mol. The average Bonchev–Trinajstić information content (AvgIpc) is 3.18. The Morgan fingerprint density at radius 3 is 2.86 bits per heavy atom. The number of nitriles is 1. The lowest BCUT2D eigenvalue weighted by Gasteiger charge is -2.52. The SMILES string of the molecule is Cc1ccc(NC(=O)N2C3CCCC2C3)cc1-c1ncc2ccnn2c1C#N. The molecule has 28 heavy (non-hydrogen) atoms. The van der Waals surface area contributed by atoms with Crippen LogP contribution in [0.5, 0.6) is 0 Å². The van der Waals surface area contributed by atoms with Crippen LogP contribution in [0.3, 0.4) is 0 Å². The molecule has 2 aliphatic heterocycles. The number of benzene rings is 1. The molecule has 0 saturated carbocycles. The smallest absolute Gasteiger partial charge is 0.318 e. The molecular formula is C21H20N6O. The minimum Gasteiger partial charge on any atom is -0.318 e. The number of aryl methyl sites for hydroxylation is 1. The Labute approximate surface area is 162 Å². The summed E-state index contributed by atoms with van der Waals surface area (Å²) in [6.07, 6.45) is 7.90. The second-order valence-electron chi connectivity index (χ2n) is 7.58. The second kappa shape index (κ2) is 6.34. The fourth-order valence-electron chi connectivity index (χ4n) is 4.47. The lowest BCUT2D eigenvalue weighted by molar-refractivity contribution is 0.0173. The van der Waals surface area contributed by atoms with Gasteiger partial charge in [0.15, 0.2) is 5.69 Å². The van der Waals surface area contributed by atoms with Gasteiger partial charge in [-0.1, -0.05) is 6.07 Å². The quantitative estimate of drug-likeness (QED) is 0.742. The van der Waals surface area contributed by atoms with Gasteiger partial charge in [0.05, 0.1) is 17.9 Å². The lowest BCUT2D eigenvalue weighted by atomic mass is 9.80. The highest BCUT2D eigenvalue weighted by Gasteiger charge is 2.44. The Balaban J connectivity index is 1.49. The molecule has 7 nitrogen and oxygen atoms in total. The van der Waals surface area contributed by atoms with Crippen molar-refractivity contribution in [1.82, 2.24) is 19.5 Å². The van der Waals surface area contributed by atoms with Gasteiger partial charge in [0, 0.05) is 23.3 Å². The normalized spacial score (nSPS) is 20.5. The third kappa shape index (κ3) is 2.53. The molecule has 0 aliphatic carbocycles. The number of piperidine rings is 1. The molecule has 5 rings (SSSR count). The van der Waals surface area contributed by atoms with Crippen LogP contribution < -0.4 is 5.32 Å². The maximum absolute atomic E-state index is 12.7. The minimum atomic E-state index is -0.0354. The molecule has 1 aromatic carbocycles. The fourth-order valence-corrected chi connectivity index (χ4v) is 4.47. The zero-order valence-corrected chi connectivity index (χ0v) is 15.6. The largest absolute Gasteiger partial charge is 0.322 e. The van der Waals surface area contributed by atoms with Crippen LogP contribution in [-0.4, -0.2) is 37.6 Å². The van der Waals surface area contributed by atoms with E-state index in [4.69, 9.17) is 0 Å². The number of nitrogens with one attached hydrogen (secondary N) is 1. The number of carbonyl (C=O) groups excluding carboxylic acids is 1. The molecule has 7 heteroatoms. The molecule has 4 heterocycles. The van der Waals surface area contributed by atoms with Gasteiger partial charge in [0.25, 0.3) is 0 Å². The van der Waals surface area contributed by atoms with Gasteiger partial charge in [-0.3, -0.25) is 4.98 Å². The number of aromatic nitrogens is 3. The average molecular weight is 372 g/mol. The van der Waals surface area contributed by atoms with E-state index in [1.807, 2.05) is 36.1 Å². The van der Waals surface area contributed by atoms with Gasteiger partial charge < -0.3 is 10.2 Å².